The monoisotopic (exact) mass is 365 g/mol. The fraction of sp³-hybridized carbons (Fsp3) is 0.409. The zero-order valence-electron chi connectivity index (χ0n) is 16.0. The molecule has 0 radical (unpaired) electrons. The number of nitrogens with zero attached hydrogens (tertiary/aromatic N) is 2. The number of fused-ring (bicyclic) bond motifs is 1. The molecule has 2 unspecified atom stereocenters. The van der Waals surface area contributed by atoms with E-state index in [0.717, 1.165) is 32.8 Å². The van der Waals surface area contributed by atoms with E-state index in [2.05, 4.69) is 70.7 Å². The van der Waals surface area contributed by atoms with Crippen LogP contribution in [0, 0.1) is 0 Å². The fourth-order valence-corrected chi connectivity index (χ4v) is 4.31. The van der Waals surface area contributed by atoms with Gasteiger partial charge in [0.15, 0.2) is 0 Å². The summed E-state index contributed by atoms with van der Waals surface area (Å²) in [5, 5.41) is 3.17. The second kappa shape index (κ2) is 7.71. The summed E-state index contributed by atoms with van der Waals surface area (Å²) in [5.41, 5.74) is 5.05. The minimum Gasteiger partial charge on any atom is -0.378 e. The summed E-state index contributed by atoms with van der Waals surface area (Å²) in [4.78, 5) is 16.6. The standard InChI is InChI=1S/C22H27N3O2/c1-16(26)23-22-21-18(9-6-10-20(21)25-11-13-27-14-12-25)19(15-24(22)2)17-7-4-3-5-8-17/h3-10,19,22H,11-15H2,1-2H3,(H,23,26). The molecular formula is C22H27N3O2. The largest absolute Gasteiger partial charge is 0.378 e. The quantitative estimate of drug-likeness (QED) is 0.908. The van der Waals surface area contributed by atoms with Crippen molar-refractivity contribution >= 4 is 11.6 Å². The van der Waals surface area contributed by atoms with Crippen LogP contribution >= 0.6 is 0 Å². The second-order valence-electron chi connectivity index (χ2n) is 7.39. The Kier molecular flexibility index (Phi) is 5.14. The van der Waals surface area contributed by atoms with Gasteiger partial charge in [0.1, 0.15) is 6.17 Å². The van der Waals surface area contributed by atoms with Crippen molar-refractivity contribution in [1.29, 1.82) is 0 Å². The smallest absolute Gasteiger partial charge is 0.218 e. The number of hydrogen-bond donors (Lipinski definition) is 1. The van der Waals surface area contributed by atoms with Crippen molar-refractivity contribution in [2.24, 2.45) is 0 Å². The van der Waals surface area contributed by atoms with Crippen LogP contribution in [0.5, 0.6) is 0 Å². The molecule has 5 nitrogen and oxygen atoms in total. The van der Waals surface area contributed by atoms with Gasteiger partial charge in [-0.2, -0.15) is 0 Å². The van der Waals surface area contributed by atoms with Gasteiger partial charge < -0.3 is 15.0 Å². The highest BCUT2D eigenvalue weighted by molar-refractivity contribution is 5.74. The zero-order valence-corrected chi connectivity index (χ0v) is 16.0. The van der Waals surface area contributed by atoms with Crippen molar-refractivity contribution in [2.45, 2.75) is 19.0 Å². The van der Waals surface area contributed by atoms with Gasteiger partial charge in [0.25, 0.3) is 0 Å². The number of likely N-dealkylation sites (N-methyl/N-ethyl adjacent to an activating group) is 1. The Balaban J connectivity index is 1.83. The van der Waals surface area contributed by atoms with Crippen molar-refractivity contribution in [1.82, 2.24) is 10.2 Å². The van der Waals surface area contributed by atoms with E-state index in [1.165, 1.54) is 22.4 Å². The van der Waals surface area contributed by atoms with Crippen molar-refractivity contribution in [3.8, 4) is 0 Å². The minimum atomic E-state index is -0.114. The van der Waals surface area contributed by atoms with E-state index in [-0.39, 0.29) is 18.0 Å². The van der Waals surface area contributed by atoms with E-state index in [1.54, 1.807) is 6.92 Å². The van der Waals surface area contributed by atoms with Gasteiger partial charge in [0.2, 0.25) is 5.91 Å². The van der Waals surface area contributed by atoms with Gasteiger partial charge in [-0.3, -0.25) is 9.69 Å². The van der Waals surface area contributed by atoms with Crippen molar-refractivity contribution in [3.05, 3.63) is 65.2 Å². The third-order valence-corrected chi connectivity index (χ3v) is 5.57. The maximum Gasteiger partial charge on any atom is 0.218 e. The lowest BCUT2D eigenvalue weighted by molar-refractivity contribution is -0.121. The van der Waals surface area contributed by atoms with Crippen molar-refractivity contribution < 1.29 is 9.53 Å². The highest BCUT2D eigenvalue weighted by Crippen LogP contribution is 2.42. The first-order valence-electron chi connectivity index (χ1n) is 9.63. The van der Waals surface area contributed by atoms with Crippen LogP contribution in [-0.2, 0) is 9.53 Å². The highest BCUT2D eigenvalue weighted by Gasteiger charge is 2.35. The van der Waals surface area contributed by atoms with Gasteiger partial charge in [0, 0.05) is 43.7 Å². The normalized spacial score (nSPS) is 23.0. The first kappa shape index (κ1) is 18.0. The Morgan fingerprint density at radius 3 is 2.52 bits per heavy atom. The summed E-state index contributed by atoms with van der Waals surface area (Å²) in [6.45, 7) is 5.70. The Labute approximate surface area is 160 Å². The molecule has 1 saturated heterocycles. The number of amides is 1. The number of ether oxygens (including phenoxy) is 1. The van der Waals surface area contributed by atoms with Crippen LogP contribution in [0.4, 0.5) is 5.69 Å². The number of anilines is 1. The molecule has 4 rings (SSSR count). The zero-order chi connectivity index (χ0) is 18.8. The van der Waals surface area contributed by atoms with E-state index in [9.17, 15) is 4.79 Å². The van der Waals surface area contributed by atoms with Crippen LogP contribution in [-0.4, -0.2) is 50.7 Å². The van der Waals surface area contributed by atoms with E-state index >= 15 is 0 Å². The molecule has 2 aromatic carbocycles. The minimum absolute atomic E-state index is 0.00672. The molecule has 142 valence electrons. The molecule has 1 N–H and O–H groups in total. The number of hydrogen-bond acceptors (Lipinski definition) is 4. The van der Waals surface area contributed by atoms with Crippen LogP contribution in [0.3, 0.4) is 0 Å². The molecule has 2 aromatic rings. The Bertz CT molecular complexity index is 802. The average molecular weight is 365 g/mol. The maximum atomic E-state index is 11.9. The van der Waals surface area contributed by atoms with Crippen LogP contribution in [0.2, 0.25) is 0 Å². The first-order chi connectivity index (χ1) is 13.1. The Morgan fingerprint density at radius 2 is 1.81 bits per heavy atom. The van der Waals surface area contributed by atoms with Gasteiger partial charge in [0.05, 0.1) is 13.2 Å². The Morgan fingerprint density at radius 1 is 1.07 bits per heavy atom. The molecule has 2 aliphatic heterocycles. The van der Waals surface area contributed by atoms with Crippen molar-refractivity contribution in [2.75, 3.05) is 44.8 Å². The predicted molar refractivity (Wildman–Crippen MR) is 107 cm³/mol. The average Bonchev–Trinajstić information content (AvgIpc) is 2.70. The SMILES string of the molecule is CC(=O)NC1c2c(cccc2N2CCOCC2)C(c2ccccc2)CN1C. The molecule has 0 aliphatic carbocycles. The van der Waals surface area contributed by atoms with Gasteiger partial charge in [-0.25, -0.2) is 0 Å². The Hall–Kier alpha value is -2.37. The highest BCUT2D eigenvalue weighted by atomic mass is 16.5. The molecule has 0 saturated carbocycles. The topological polar surface area (TPSA) is 44.8 Å². The summed E-state index contributed by atoms with van der Waals surface area (Å²) in [7, 11) is 2.09. The van der Waals surface area contributed by atoms with Crippen LogP contribution in [0.1, 0.15) is 35.7 Å². The number of rotatable bonds is 3. The number of carbonyl (C=O) groups is 1. The molecular weight excluding hydrogens is 338 g/mol. The van der Waals surface area contributed by atoms with Crippen LogP contribution in [0.15, 0.2) is 48.5 Å². The lowest BCUT2D eigenvalue weighted by Gasteiger charge is -2.42. The summed E-state index contributed by atoms with van der Waals surface area (Å²) in [6, 6.07) is 17.2. The van der Waals surface area contributed by atoms with E-state index in [4.69, 9.17) is 4.74 Å². The number of benzene rings is 2. The lowest BCUT2D eigenvalue weighted by atomic mass is 9.82. The summed E-state index contributed by atoms with van der Waals surface area (Å²) < 4.78 is 5.55. The summed E-state index contributed by atoms with van der Waals surface area (Å²) in [6.07, 6.45) is -0.114. The fourth-order valence-electron chi connectivity index (χ4n) is 4.31. The molecule has 0 bridgehead atoms. The molecule has 5 heteroatoms. The molecule has 2 heterocycles. The summed E-state index contributed by atoms with van der Waals surface area (Å²) in [5.74, 6) is 0.282. The van der Waals surface area contributed by atoms with Gasteiger partial charge >= 0.3 is 0 Å². The molecule has 1 fully saturated rings. The van der Waals surface area contributed by atoms with Gasteiger partial charge in [-0.05, 0) is 24.2 Å². The molecule has 0 aromatic heterocycles. The number of carbonyl (C=O) groups excluding carboxylic acids is 1. The lowest BCUT2D eigenvalue weighted by Crippen LogP contribution is -2.46. The second-order valence-corrected chi connectivity index (χ2v) is 7.39. The number of morpholine rings is 1. The first-order valence-corrected chi connectivity index (χ1v) is 9.63. The van der Waals surface area contributed by atoms with Gasteiger partial charge in [-0.1, -0.05) is 42.5 Å². The van der Waals surface area contributed by atoms with Crippen molar-refractivity contribution in [3.63, 3.8) is 0 Å². The maximum absolute atomic E-state index is 11.9. The number of nitrogens with one attached hydrogen (secondary N) is 1. The molecule has 1 amide bonds. The van der Waals surface area contributed by atoms with Crippen LogP contribution < -0.4 is 10.2 Å². The molecule has 0 spiro atoms. The third kappa shape index (κ3) is 3.57. The van der Waals surface area contributed by atoms with E-state index < -0.39 is 0 Å². The molecule has 27 heavy (non-hydrogen) atoms. The van der Waals surface area contributed by atoms with Gasteiger partial charge in [-0.15, -0.1) is 0 Å². The van der Waals surface area contributed by atoms with Crippen LogP contribution in [0.25, 0.3) is 0 Å². The van der Waals surface area contributed by atoms with E-state index in [0.29, 0.717) is 0 Å². The van der Waals surface area contributed by atoms with E-state index in [1.807, 2.05) is 0 Å². The third-order valence-electron chi connectivity index (χ3n) is 5.57. The predicted octanol–water partition coefficient (Wildman–Crippen LogP) is 2.74. The molecule has 2 aliphatic rings. The molecule has 2 atom stereocenters. The summed E-state index contributed by atoms with van der Waals surface area (Å²) >= 11 is 0.